The third kappa shape index (κ3) is 2.39. The average molecular weight is 219 g/mol. The summed E-state index contributed by atoms with van der Waals surface area (Å²) in [7, 11) is 0. The van der Waals surface area contributed by atoms with Gasteiger partial charge in [-0.2, -0.15) is 0 Å². The molecule has 1 aromatic carbocycles. The van der Waals surface area contributed by atoms with Crippen LogP contribution < -0.4 is 0 Å². The van der Waals surface area contributed by atoms with Crippen molar-refractivity contribution in [2.24, 2.45) is 0 Å². The lowest BCUT2D eigenvalue weighted by Gasteiger charge is -2.26. The first-order chi connectivity index (χ1) is 7.65. The largest absolute Gasteiger partial charge is 0.508 e. The van der Waals surface area contributed by atoms with Crippen molar-refractivity contribution in [3.8, 4) is 5.75 Å². The number of phenolic OH excluding ortho intramolecular Hbond substituents is 1. The molecule has 4 nitrogen and oxygen atoms in total. The predicted molar refractivity (Wildman–Crippen MR) is 57.8 cm³/mol. The minimum atomic E-state index is -0.125. The number of hydrogen-bond donors (Lipinski definition) is 1. The van der Waals surface area contributed by atoms with Crippen LogP contribution in [0, 0.1) is 0 Å². The smallest absolute Gasteiger partial charge is 0.230 e. The van der Waals surface area contributed by atoms with E-state index in [2.05, 4.69) is 0 Å². The third-order valence-corrected chi connectivity index (χ3v) is 2.65. The van der Waals surface area contributed by atoms with Gasteiger partial charge in [0.05, 0.1) is 6.42 Å². The van der Waals surface area contributed by atoms with Gasteiger partial charge in [-0.3, -0.25) is 9.59 Å². The van der Waals surface area contributed by atoms with Crippen molar-refractivity contribution in [1.29, 1.82) is 0 Å². The van der Waals surface area contributed by atoms with Gasteiger partial charge in [-0.1, -0.05) is 12.1 Å². The molecule has 84 valence electrons. The van der Waals surface area contributed by atoms with E-state index in [4.69, 9.17) is 0 Å². The van der Waals surface area contributed by atoms with Crippen LogP contribution >= 0.6 is 0 Å². The maximum atomic E-state index is 11.5. The first-order valence-corrected chi connectivity index (χ1v) is 5.22. The number of aromatic hydroxyl groups is 1. The highest BCUT2D eigenvalue weighted by Crippen LogP contribution is 2.16. The fourth-order valence-corrected chi connectivity index (χ4v) is 1.80. The predicted octanol–water partition coefficient (Wildman–Crippen LogP) is 1.08. The van der Waals surface area contributed by atoms with E-state index in [-0.39, 0.29) is 23.9 Å². The van der Waals surface area contributed by atoms with Crippen molar-refractivity contribution in [2.75, 3.05) is 6.54 Å². The summed E-state index contributed by atoms with van der Waals surface area (Å²) in [5.41, 5.74) is 0.877. The molecule has 1 N–H and O–H groups in total. The summed E-state index contributed by atoms with van der Waals surface area (Å²) in [6, 6.07) is 6.81. The molecule has 1 heterocycles. The van der Waals surface area contributed by atoms with E-state index in [0.717, 1.165) is 5.56 Å². The number of likely N-dealkylation sites (tertiary alicyclic amines) is 1. The monoisotopic (exact) mass is 219 g/mol. The van der Waals surface area contributed by atoms with Crippen LogP contribution in [0.4, 0.5) is 0 Å². The molecule has 1 aliphatic heterocycles. The Hall–Kier alpha value is -1.84. The Bertz CT molecular complexity index is 428. The number of carbonyl (C=O) groups is 2. The fraction of sp³-hybridized carbons (Fsp3) is 0.333. The topological polar surface area (TPSA) is 57.6 Å². The SMILES string of the molecule is O=C1CCN(Cc2cccc(O)c2)C(=O)C1. The molecule has 1 aliphatic rings. The number of phenols is 1. The average Bonchev–Trinajstić information content (AvgIpc) is 2.22. The van der Waals surface area contributed by atoms with Gasteiger partial charge >= 0.3 is 0 Å². The zero-order valence-corrected chi connectivity index (χ0v) is 8.85. The minimum Gasteiger partial charge on any atom is -0.508 e. The van der Waals surface area contributed by atoms with Gasteiger partial charge in [0.25, 0.3) is 0 Å². The molecule has 0 radical (unpaired) electrons. The van der Waals surface area contributed by atoms with Crippen molar-refractivity contribution in [3.63, 3.8) is 0 Å². The van der Waals surface area contributed by atoms with Gasteiger partial charge in [-0.25, -0.2) is 0 Å². The van der Waals surface area contributed by atoms with Gasteiger partial charge in [0.2, 0.25) is 5.91 Å². The van der Waals surface area contributed by atoms with E-state index in [1.54, 1.807) is 23.1 Å². The van der Waals surface area contributed by atoms with Gasteiger partial charge in [-0.05, 0) is 17.7 Å². The Morgan fingerprint density at radius 3 is 2.81 bits per heavy atom. The summed E-state index contributed by atoms with van der Waals surface area (Å²) >= 11 is 0. The molecule has 4 heteroatoms. The summed E-state index contributed by atoms with van der Waals surface area (Å²) in [6.07, 6.45) is 0.448. The highest BCUT2D eigenvalue weighted by molar-refractivity contribution is 6.00. The van der Waals surface area contributed by atoms with Gasteiger partial charge in [-0.15, -0.1) is 0 Å². The molecular formula is C12H13NO3. The first kappa shape index (κ1) is 10.7. The van der Waals surface area contributed by atoms with Gasteiger partial charge in [0.1, 0.15) is 11.5 Å². The molecule has 1 aromatic rings. The lowest BCUT2D eigenvalue weighted by Crippen LogP contribution is -2.38. The Labute approximate surface area is 93.5 Å². The number of hydrogen-bond acceptors (Lipinski definition) is 3. The molecular weight excluding hydrogens is 206 g/mol. The number of rotatable bonds is 2. The van der Waals surface area contributed by atoms with Crippen LogP contribution in [0.2, 0.25) is 0 Å². The fourth-order valence-electron chi connectivity index (χ4n) is 1.80. The van der Waals surface area contributed by atoms with Crippen molar-refractivity contribution in [2.45, 2.75) is 19.4 Å². The van der Waals surface area contributed by atoms with E-state index in [1.165, 1.54) is 0 Å². The number of benzene rings is 1. The van der Waals surface area contributed by atoms with Crippen LogP contribution in [0.3, 0.4) is 0 Å². The zero-order chi connectivity index (χ0) is 11.5. The van der Waals surface area contributed by atoms with E-state index >= 15 is 0 Å². The molecule has 0 aliphatic carbocycles. The maximum absolute atomic E-state index is 11.5. The quantitative estimate of drug-likeness (QED) is 0.757. The summed E-state index contributed by atoms with van der Waals surface area (Å²) in [5, 5.41) is 9.29. The highest BCUT2D eigenvalue weighted by Gasteiger charge is 2.23. The van der Waals surface area contributed by atoms with Crippen molar-refractivity contribution in [1.82, 2.24) is 4.90 Å². The lowest BCUT2D eigenvalue weighted by atomic mass is 10.1. The molecule has 1 amide bonds. The summed E-state index contributed by atoms with van der Waals surface area (Å²) in [6.45, 7) is 0.938. The summed E-state index contributed by atoms with van der Waals surface area (Å²) < 4.78 is 0. The van der Waals surface area contributed by atoms with Crippen LogP contribution in [0.1, 0.15) is 18.4 Å². The van der Waals surface area contributed by atoms with E-state index in [9.17, 15) is 14.7 Å². The van der Waals surface area contributed by atoms with Crippen molar-refractivity contribution < 1.29 is 14.7 Å². The molecule has 1 saturated heterocycles. The molecule has 0 spiro atoms. The second-order valence-electron chi connectivity index (χ2n) is 3.95. The molecule has 1 fully saturated rings. The van der Waals surface area contributed by atoms with E-state index in [1.807, 2.05) is 6.07 Å². The lowest BCUT2D eigenvalue weighted by molar-refractivity contribution is -0.139. The van der Waals surface area contributed by atoms with Crippen LogP contribution in [0.15, 0.2) is 24.3 Å². The Morgan fingerprint density at radius 1 is 1.31 bits per heavy atom. The second-order valence-corrected chi connectivity index (χ2v) is 3.95. The van der Waals surface area contributed by atoms with Crippen molar-refractivity contribution in [3.05, 3.63) is 29.8 Å². The van der Waals surface area contributed by atoms with E-state index < -0.39 is 0 Å². The third-order valence-electron chi connectivity index (χ3n) is 2.65. The molecule has 2 rings (SSSR count). The highest BCUT2D eigenvalue weighted by atomic mass is 16.3. The number of carbonyl (C=O) groups excluding carboxylic acids is 2. The van der Waals surface area contributed by atoms with Crippen molar-refractivity contribution >= 4 is 11.7 Å². The molecule has 0 saturated carbocycles. The summed E-state index contributed by atoms with van der Waals surface area (Å²) in [4.78, 5) is 24.2. The zero-order valence-electron chi connectivity index (χ0n) is 8.85. The second kappa shape index (κ2) is 4.35. The number of ketones is 1. The molecule has 0 aromatic heterocycles. The van der Waals surface area contributed by atoms with Crippen LogP contribution in [0.5, 0.6) is 5.75 Å². The number of amides is 1. The standard InChI is InChI=1S/C12H13NO3/c14-10-3-1-2-9(6-10)8-13-5-4-11(15)7-12(13)16/h1-3,6,14H,4-5,7-8H2. The van der Waals surface area contributed by atoms with Crippen LogP contribution in [0.25, 0.3) is 0 Å². The molecule has 16 heavy (non-hydrogen) atoms. The van der Waals surface area contributed by atoms with Gasteiger partial charge in [0.15, 0.2) is 0 Å². The summed E-state index contributed by atoms with van der Waals surface area (Å²) in [5.74, 6) is 0.0785. The Morgan fingerprint density at radius 2 is 2.12 bits per heavy atom. The molecule has 0 unspecified atom stereocenters. The Balaban J connectivity index is 2.05. The molecule has 0 bridgehead atoms. The van der Waals surface area contributed by atoms with Crippen LogP contribution in [-0.2, 0) is 16.1 Å². The first-order valence-electron chi connectivity index (χ1n) is 5.22. The number of Topliss-reactive ketones (excluding diaryl/α,β-unsaturated/α-hetero) is 1. The van der Waals surface area contributed by atoms with E-state index in [0.29, 0.717) is 19.5 Å². The van der Waals surface area contributed by atoms with Gasteiger partial charge < -0.3 is 10.0 Å². The van der Waals surface area contributed by atoms with Crippen LogP contribution in [-0.4, -0.2) is 28.2 Å². The normalized spacial score (nSPS) is 16.6. The molecule has 0 atom stereocenters. The number of nitrogens with zero attached hydrogens (tertiary/aromatic N) is 1. The number of piperidine rings is 1. The maximum Gasteiger partial charge on any atom is 0.230 e. The Kier molecular flexibility index (Phi) is 2.90. The van der Waals surface area contributed by atoms with Gasteiger partial charge in [0, 0.05) is 19.5 Å². The minimum absolute atomic E-state index is 0.0113.